The number of pyridine rings is 1. The molecule has 0 radical (unpaired) electrons. The Morgan fingerprint density at radius 1 is 1.48 bits per heavy atom. The van der Waals surface area contributed by atoms with Crippen LogP contribution in [0.2, 0.25) is 0 Å². The van der Waals surface area contributed by atoms with Gasteiger partial charge in [-0.3, -0.25) is 4.98 Å². The molecule has 1 aliphatic rings. The van der Waals surface area contributed by atoms with Crippen molar-refractivity contribution in [2.45, 2.75) is 25.9 Å². The molecule has 0 amide bonds. The third-order valence-corrected chi connectivity index (χ3v) is 5.15. The van der Waals surface area contributed by atoms with Gasteiger partial charge in [-0.25, -0.2) is 8.42 Å². The Bertz CT molecular complexity index is 741. The van der Waals surface area contributed by atoms with Crippen molar-refractivity contribution >= 4 is 9.84 Å². The molecule has 8 heteroatoms. The van der Waals surface area contributed by atoms with Gasteiger partial charge >= 0.3 is 0 Å². The first-order chi connectivity index (χ1) is 10.0. The molecule has 2 aromatic heterocycles. The topological polar surface area (TPSA) is 98.0 Å². The minimum Gasteiger partial charge on any atom is -0.337 e. The standard InChI is InChI=1S/C13H16N4O3S/c1-9-2-4-14-11(6-9)13-16-12(20-17-13)7-15-10-3-5-21(18,19)8-10/h2,4,6,10,15H,3,5,7-8H2,1H3. The van der Waals surface area contributed by atoms with Crippen LogP contribution in [0.5, 0.6) is 0 Å². The average Bonchev–Trinajstić information content (AvgIpc) is 3.03. The predicted molar refractivity (Wildman–Crippen MR) is 76.2 cm³/mol. The quantitative estimate of drug-likeness (QED) is 0.888. The Balaban J connectivity index is 1.63. The van der Waals surface area contributed by atoms with Crippen molar-refractivity contribution in [2.24, 2.45) is 0 Å². The van der Waals surface area contributed by atoms with E-state index in [1.807, 2.05) is 19.1 Å². The fraction of sp³-hybridized carbons (Fsp3) is 0.462. The highest BCUT2D eigenvalue weighted by Crippen LogP contribution is 2.15. The van der Waals surface area contributed by atoms with Gasteiger partial charge in [-0.2, -0.15) is 4.98 Å². The molecule has 3 heterocycles. The zero-order valence-electron chi connectivity index (χ0n) is 11.6. The molecule has 0 bridgehead atoms. The minimum absolute atomic E-state index is 0.0394. The molecule has 1 aliphatic heterocycles. The van der Waals surface area contributed by atoms with Crippen molar-refractivity contribution in [1.29, 1.82) is 0 Å². The SMILES string of the molecule is Cc1ccnc(-c2noc(CNC3CCS(=O)(=O)C3)n2)c1. The number of sulfone groups is 1. The van der Waals surface area contributed by atoms with E-state index in [2.05, 4.69) is 20.4 Å². The Morgan fingerprint density at radius 3 is 3.05 bits per heavy atom. The monoisotopic (exact) mass is 308 g/mol. The van der Waals surface area contributed by atoms with E-state index in [0.717, 1.165) is 5.56 Å². The number of hydrogen-bond donors (Lipinski definition) is 1. The van der Waals surface area contributed by atoms with Crippen molar-refractivity contribution in [3.8, 4) is 11.5 Å². The van der Waals surface area contributed by atoms with E-state index in [1.165, 1.54) is 0 Å². The van der Waals surface area contributed by atoms with E-state index < -0.39 is 9.84 Å². The molecule has 7 nitrogen and oxygen atoms in total. The number of nitrogens with one attached hydrogen (secondary N) is 1. The second-order valence-electron chi connectivity index (χ2n) is 5.21. The Labute approximate surface area is 122 Å². The number of nitrogens with zero attached hydrogens (tertiary/aromatic N) is 3. The van der Waals surface area contributed by atoms with Crippen LogP contribution >= 0.6 is 0 Å². The summed E-state index contributed by atoms with van der Waals surface area (Å²) in [5.41, 5.74) is 1.73. The van der Waals surface area contributed by atoms with Gasteiger partial charge in [0.25, 0.3) is 0 Å². The largest absolute Gasteiger partial charge is 0.337 e. The van der Waals surface area contributed by atoms with Crippen LogP contribution in [0.25, 0.3) is 11.5 Å². The van der Waals surface area contributed by atoms with Gasteiger partial charge in [0.2, 0.25) is 11.7 Å². The lowest BCUT2D eigenvalue weighted by Crippen LogP contribution is -2.29. The summed E-state index contributed by atoms with van der Waals surface area (Å²) in [5.74, 6) is 1.28. The fourth-order valence-electron chi connectivity index (χ4n) is 2.28. The number of aryl methyl sites for hydroxylation is 1. The highest BCUT2D eigenvalue weighted by atomic mass is 32.2. The molecule has 1 unspecified atom stereocenters. The summed E-state index contributed by atoms with van der Waals surface area (Å²) in [6.07, 6.45) is 2.32. The maximum absolute atomic E-state index is 11.4. The van der Waals surface area contributed by atoms with Crippen LogP contribution in [0.4, 0.5) is 0 Å². The average molecular weight is 308 g/mol. The van der Waals surface area contributed by atoms with Gasteiger partial charge in [-0.05, 0) is 31.0 Å². The second kappa shape index (κ2) is 5.53. The van der Waals surface area contributed by atoms with Crippen molar-refractivity contribution in [3.05, 3.63) is 29.8 Å². The Hall–Kier alpha value is -1.80. The molecule has 0 aliphatic carbocycles. The van der Waals surface area contributed by atoms with Gasteiger partial charge in [0.1, 0.15) is 5.69 Å². The van der Waals surface area contributed by atoms with Gasteiger partial charge in [-0.15, -0.1) is 0 Å². The lowest BCUT2D eigenvalue weighted by molar-refractivity contribution is 0.360. The Kier molecular flexibility index (Phi) is 3.73. The van der Waals surface area contributed by atoms with E-state index in [1.54, 1.807) is 6.20 Å². The molecular weight excluding hydrogens is 292 g/mol. The zero-order valence-corrected chi connectivity index (χ0v) is 12.4. The van der Waals surface area contributed by atoms with Gasteiger partial charge < -0.3 is 9.84 Å². The second-order valence-corrected chi connectivity index (χ2v) is 7.44. The highest BCUT2D eigenvalue weighted by Gasteiger charge is 2.27. The summed E-state index contributed by atoms with van der Waals surface area (Å²) >= 11 is 0. The molecular formula is C13H16N4O3S. The van der Waals surface area contributed by atoms with E-state index in [-0.39, 0.29) is 17.5 Å². The first-order valence-corrected chi connectivity index (χ1v) is 8.53. The Morgan fingerprint density at radius 2 is 2.33 bits per heavy atom. The van der Waals surface area contributed by atoms with Crippen LogP contribution in [0.3, 0.4) is 0 Å². The molecule has 1 fully saturated rings. The van der Waals surface area contributed by atoms with Gasteiger partial charge in [0, 0.05) is 12.2 Å². The molecule has 1 atom stereocenters. The lowest BCUT2D eigenvalue weighted by atomic mass is 10.2. The number of aromatic nitrogens is 3. The summed E-state index contributed by atoms with van der Waals surface area (Å²) in [5, 5.41) is 7.03. The van der Waals surface area contributed by atoms with Gasteiger partial charge in [0.15, 0.2) is 9.84 Å². The van der Waals surface area contributed by atoms with E-state index in [9.17, 15) is 8.42 Å². The molecule has 0 aromatic carbocycles. The van der Waals surface area contributed by atoms with Crippen LogP contribution in [0.1, 0.15) is 17.9 Å². The molecule has 0 spiro atoms. The number of hydrogen-bond acceptors (Lipinski definition) is 7. The van der Waals surface area contributed by atoms with Crippen molar-refractivity contribution in [3.63, 3.8) is 0 Å². The van der Waals surface area contributed by atoms with E-state index in [0.29, 0.717) is 30.4 Å². The van der Waals surface area contributed by atoms with Crippen LogP contribution in [-0.4, -0.2) is 41.1 Å². The predicted octanol–water partition coefficient (Wildman–Crippen LogP) is 0.717. The van der Waals surface area contributed by atoms with E-state index in [4.69, 9.17) is 4.52 Å². The summed E-state index contributed by atoms with van der Waals surface area (Å²) in [6, 6.07) is 3.74. The zero-order chi connectivity index (χ0) is 14.9. The van der Waals surface area contributed by atoms with Crippen molar-refractivity contribution < 1.29 is 12.9 Å². The maximum atomic E-state index is 11.4. The molecule has 1 saturated heterocycles. The summed E-state index contributed by atoms with van der Waals surface area (Å²) in [4.78, 5) is 8.46. The third-order valence-electron chi connectivity index (χ3n) is 3.39. The van der Waals surface area contributed by atoms with E-state index >= 15 is 0 Å². The molecule has 2 aromatic rings. The molecule has 3 rings (SSSR count). The highest BCUT2D eigenvalue weighted by molar-refractivity contribution is 7.91. The summed E-state index contributed by atoms with van der Waals surface area (Å²) in [6.45, 7) is 2.33. The number of rotatable bonds is 4. The lowest BCUT2D eigenvalue weighted by Gasteiger charge is -2.07. The first-order valence-electron chi connectivity index (χ1n) is 6.71. The van der Waals surface area contributed by atoms with Crippen LogP contribution < -0.4 is 5.32 Å². The van der Waals surface area contributed by atoms with Crippen LogP contribution in [-0.2, 0) is 16.4 Å². The minimum atomic E-state index is -2.88. The smallest absolute Gasteiger partial charge is 0.240 e. The summed E-state index contributed by atoms with van der Waals surface area (Å²) in [7, 11) is -2.88. The third kappa shape index (κ3) is 3.45. The molecule has 112 valence electrons. The molecule has 21 heavy (non-hydrogen) atoms. The van der Waals surface area contributed by atoms with Crippen molar-refractivity contribution in [1.82, 2.24) is 20.4 Å². The summed E-state index contributed by atoms with van der Waals surface area (Å²) < 4.78 is 27.9. The van der Waals surface area contributed by atoms with Crippen LogP contribution in [0.15, 0.2) is 22.9 Å². The fourth-order valence-corrected chi connectivity index (χ4v) is 3.98. The molecule has 0 saturated carbocycles. The van der Waals surface area contributed by atoms with Gasteiger partial charge in [0.05, 0.1) is 18.1 Å². The van der Waals surface area contributed by atoms with Crippen LogP contribution in [0, 0.1) is 6.92 Å². The first kappa shape index (κ1) is 14.2. The normalized spacial score (nSPS) is 20.7. The molecule has 1 N–H and O–H groups in total. The maximum Gasteiger partial charge on any atom is 0.240 e. The van der Waals surface area contributed by atoms with Crippen molar-refractivity contribution in [2.75, 3.05) is 11.5 Å². The van der Waals surface area contributed by atoms with Gasteiger partial charge in [-0.1, -0.05) is 5.16 Å².